The molecule has 0 spiro atoms. The van der Waals surface area contributed by atoms with Gasteiger partial charge in [0.2, 0.25) is 5.91 Å². The van der Waals surface area contributed by atoms with Crippen molar-refractivity contribution in [3.05, 3.63) is 78.4 Å². The first-order valence-electron chi connectivity index (χ1n) is 10.3. The van der Waals surface area contributed by atoms with Crippen molar-refractivity contribution in [3.63, 3.8) is 0 Å². The van der Waals surface area contributed by atoms with E-state index in [1.807, 2.05) is 48.1 Å². The highest BCUT2D eigenvalue weighted by molar-refractivity contribution is 5.99. The molecule has 0 aliphatic carbocycles. The summed E-state index contributed by atoms with van der Waals surface area (Å²) in [5.74, 6) is 0.528. The topological polar surface area (TPSA) is 109 Å². The molecule has 2 heterocycles. The smallest absolute Gasteiger partial charge is 0.323 e. The molecule has 4 rings (SSSR count). The molecule has 1 aliphatic heterocycles. The number of imidazole rings is 1. The highest BCUT2D eigenvalue weighted by atomic mass is 16.5. The normalized spacial score (nSPS) is 18.4. The van der Waals surface area contributed by atoms with Crippen molar-refractivity contribution >= 4 is 23.3 Å². The average Bonchev–Trinajstić information content (AvgIpc) is 3.20. The van der Waals surface area contributed by atoms with Crippen LogP contribution in [-0.2, 0) is 23.1 Å². The molecule has 3 aromatic rings. The molecule has 1 aromatic heterocycles. The van der Waals surface area contributed by atoms with Gasteiger partial charge in [0.1, 0.15) is 18.5 Å². The molecule has 32 heavy (non-hydrogen) atoms. The standard InChI is InChI=1S/C23H25N5O4/c1-27-12-11-24-20(27)13-28-19(14-29)22(32-15-21(28)30)16-7-9-18(10-8-16)26-23(31)25-17-5-3-2-4-6-17/h2-12,19,22,29H,13-15H2,1H3,(H2,25,26,31). The Kier molecular flexibility index (Phi) is 6.48. The summed E-state index contributed by atoms with van der Waals surface area (Å²) in [6.45, 7) is -0.0436. The molecule has 2 aromatic carbocycles. The minimum Gasteiger partial charge on any atom is -0.394 e. The average molecular weight is 435 g/mol. The largest absolute Gasteiger partial charge is 0.394 e. The summed E-state index contributed by atoms with van der Waals surface area (Å²) in [7, 11) is 1.86. The van der Waals surface area contributed by atoms with Crippen LogP contribution in [0.3, 0.4) is 0 Å². The Bertz CT molecular complexity index is 1070. The summed E-state index contributed by atoms with van der Waals surface area (Å²) in [6, 6.07) is 15.4. The minimum atomic E-state index is -0.548. The number of anilines is 2. The number of aromatic nitrogens is 2. The SMILES string of the molecule is Cn1ccnc1CN1C(=O)COC(c2ccc(NC(=O)Nc3ccccc3)cc2)C1CO. The summed E-state index contributed by atoms with van der Waals surface area (Å²) in [6.07, 6.45) is 2.99. The number of nitrogens with one attached hydrogen (secondary N) is 2. The van der Waals surface area contributed by atoms with E-state index in [1.54, 1.807) is 35.4 Å². The second-order valence-electron chi connectivity index (χ2n) is 7.52. The third-order valence-electron chi connectivity index (χ3n) is 5.41. The monoisotopic (exact) mass is 435 g/mol. The molecule has 2 atom stereocenters. The lowest BCUT2D eigenvalue weighted by Gasteiger charge is -2.40. The highest BCUT2D eigenvalue weighted by Crippen LogP contribution is 2.30. The number of hydrogen-bond donors (Lipinski definition) is 3. The van der Waals surface area contributed by atoms with E-state index in [9.17, 15) is 14.7 Å². The highest BCUT2D eigenvalue weighted by Gasteiger charge is 2.37. The van der Waals surface area contributed by atoms with Gasteiger partial charge < -0.3 is 29.9 Å². The van der Waals surface area contributed by atoms with E-state index in [0.29, 0.717) is 11.4 Å². The molecular weight excluding hydrogens is 410 g/mol. The Balaban J connectivity index is 1.44. The Morgan fingerprint density at radius 2 is 1.81 bits per heavy atom. The lowest BCUT2D eigenvalue weighted by molar-refractivity contribution is -0.162. The first-order chi connectivity index (χ1) is 15.5. The molecule has 166 valence electrons. The van der Waals surface area contributed by atoms with Crippen molar-refractivity contribution in [2.24, 2.45) is 7.05 Å². The number of amides is 3. The fourth-order valence-corrected chi connectivity index (χ4v) is 3.69. The maximum atomic E-state index is 12.5. The zero-order valence-electron chi connectivity index (χ0n) is 17.6. The van der Waals surface area contributed by atoms with Crippen molar-refractivity contribution in [1.82, 2.24) is 14.5 Å². The number of ether oxygens (including phenoxy) is 1. The van der Waals surface area contributed by atoms with Gasteiger partial charge in [-0.1, -0.05) is 30.3 Å². The minimum absolute atomic E-state index is 0.0783. The van der Waals surface area contributed by atoms with Crippen molar-refractivity contribution in [1.29, 1.82) is 0 Å². The van der Waals surface area contributed by atoms with Gasteiger partial charge in [0.25, 0.3) is 0 Å². The maximum absolute atomic E-state index is 12.5. The van der Waals surface area contributed by atoms with Gasteiger partial charge in [0.05, 0.1) is 19.2 Å². The quantitative estimate of drug-likeness (QED) is 0.551. The number of carbonyl (C=O) groups is 2. The molecule has 0 bridgehead atoms. The number of hydrogen-bond acceptors (Lipinski definition) is 5. The number of aryl methyl sites for hydroxylation is 1. The predicted octanol–water partition coefficient (Wildman–Crippen LogP) is 2.53. The van der Waals surface area contributed by atoms with Crippen LogP contribution in [0.4, 0.5) is 16.2 Å². The third kappa shape index (κ3) is 4.79. The van der Waals surface area contributed by atoms with Crippen LogP contribution >= 0.6 is 0 Å². The van der Waals surface area contributed by atoms with Gasteiger partial charge in [-0.2, -0.15) is 0 Å². The summed E-state index contributed by atoms with van der Waals surface area (Å²) >= 11 is 0. The van der Waals surface area contributed by atoms with Gasteiger partial charge in [0, 0.05) is 30.8 Å². The number of rotatable bonds is 6. The van der Waals surface area contributed by atoms with Gasteiger partial charge >= 0.3 is 6.03 Å². The molecule has 9 heteroatoms. The van der Waals surface area contributed by atoms with Gasteiger partial charge in [-0.25, -0.2) is 9.78 Å². The summed E-state index contributed by atoms with van der Waals surface area (Å²) < 4.78 is 7.62. The zero-order chi connectivity index (χ0) is 22.5. The molecule has 0 radical (unpaired) electrons. The predicted molar refractivity (Wildman–Crippen MR) is 119 cm³/mol. The van der Waals surface area contributed by atoms with Crippen molar-refractivity contribution in [3.8, 4) is 0 Å². The molecule has 3 N–H and O–H groups in total. The van der Waals surface area contributed by atoms with E-state index in [1.165, 1.54) is 0 Å². The van der Waals surface area contributed by atoms with Gasteiger partial charge in [-0.3, -0.25) is 4.79 Å². The van der Waals surface area contributed by atoms with E-state index in [0.717, 1.165) is 11.4 Å². The van der Waals surface area contributed by atoms with Crippen LogP contribution in [-0.4, -0.2) is 50.8 Å². The molecule has 1 aliphatic rings. The van der Waals surface area contributed by atoms with E-state index < -0.39 is 12.1 Å². The number of morpholine rings is 1. The van der Waals surface area contributed by atoms with Crippen LogP contribution in [0, 0.1) is 0 Å². The van der Waals surface area contributed by atoms with Crippen molar-refractivity contribution < 1.29 is 19.4 Å². The summed E-state index contributed by atoms with van der Waals surface area (Å²) in [4.78, 5) is 30.6. The molecule has 2 unspecified atom stereocenters. The first kappa shape index (κ1) is 21.5. The molecule has 1 saturated heterocycles. The molecule has 1 fully saturated rings. The van der Waals surface area contributed by atoms with E-state index in [2.05, 4.69) is 15.6 Å². The van der Waals surface area contributed by atoms with Crippen LogP contribution in [0.5, 0.6) is 0 Å². The number of benzene rings is 2. The number of carbonyl (C=O) groups excluding carboxylic acids is 2. The van der Waals surface area contributed by atoms with Gasteiger partial charge in [-0.05, 0) is 29.8 Å². The second-order valence-corrected chi connectivity index (χ2v) is 7.52. The van der Waals surface area contributed by atoms with Gasteiger partial charge in [-0.15, -0.1) is 0 Å². The summed E-state index contributed by atoms with van der Waals surface area (Å²) in [5.41, 5.74) is 2.11. The van der Waals surface area contributed by atoms with E-state index in [4.69, 9.17) is 4.74 Å². The Hall–Kier alpha value is -3.69. The van der Waals surface area contributed by atoms with Crippen molar-refractivity contribution in [2.75, 3.05) is 23.8 Å². The second kappa shape index (κ2) is 9.63. The number of urea groups is 1. The van der Waals surface area contributed by atoms with Crippen LogP contribution in [0.2, 0.25) is 0 Å². The number of para-hydroxylation sites is 1. The van der Waals surface area contributed by atoms with Crippen LogP contribution in [0.15, 0.2) is 67.0 Å². The number of aliphatic hydroxyl groups excluding tert-OH is 1. The fraction of sp³-hybridized carbons (Fsp3) is 0.261. The lowest BCUT2D eigenvalue weighted by Crippen LogP contribution is -2.52. The van der Waals surface area contributed by atoms with Crippen LogP contribution < -0.4 is 10.6 Å². The van der Waals surface area contributed by atoms with E-state index >= 15 is 0 Å². The maximum Gasteiger partial charge on any atom is 0.323 e. The Morgan fingerprint density at radius 3 is 2.44 bits per heavy atom. The van der Waals surface area contributed by atoms with Crippen LogP contribution in [0.25, 0.3) is 0 Å². The van der Waals surface area contributed by atoms with Gasteiger partial charge in [0.15, 0.2) is 0 Å². The fourth-order valence-electron chi connectivity index (χ4n) is 3.69. The van der Waals surface area contributed by atoms with Crippen LogP contribution in [0.1, 0.15) is 17.5 Å². The zero-order valence-corrected chi connectivity index (χ0v) is 17.6. The number of nitrogens with zero attached hydrogens (tertiary/aromatic N) is 3. The van der Waals surface area contributed by atoms with Crippen molar-refractivity contribution in [2.45, 2.75) is 18.7 Å². The number of aliphatic hydroxyl groups is 1. The molecule has 3 amide bonds. The molecular formula is C23H25N5O4. The molecule has 0 saturated carbocycles. The molecule has 9 nitrogen and oxygen atoms in total. The third-order valence-corrected chi connectivity index (χ3v) is 5.41. The van der Waals surface area contributed by atoms with E-state index in [-0.39, 0.29) is 31.7 Å². The first-order valence-corrected chi connectivity index (χ1v) is 10.3. The Labute approximate surface area is 185 Å². The lowest BCUT2D eigenvalue weighted by atomic mass is 9.99. The summed E-state index contributed by atoms with van der Waals surface area (Å²) in [5, 5.41) is 15.6. The Morgan fingerprint density at radius 1 is 1.12 bits per heavy atom.